The molecule has 1 aliphatic heterocycles. The highest BCUT2D eigenvalue weighted by Gasteiger charge is 2.22. The van der Waals surface area contributed by atoms with E-state index in [1.165, 1.54) is 10.9 Å². The van der Waals surface area contributed by atoms with E-state index in [-0.39, 0.29) is 5.91 Å². The summed E-state index contributed by atoms with van der Waals surface area (Å²) in [5, 5.41) is 1.23. The summed E-state index contributed by atoms with van der Waals surface area (Å²) in [7, 11) is 0. The number of aromatic amines is 1. The van der Waals surface area contributed by atoms with Gasteiger partial charge in [-0.05, 0) is 43.4 Å². The van der Waals surface area contributed by atoms with Gasteiger partial charge in [0.05, 0.1) is 0 Å². The number of hydrogen-bond acceptors (Lipinski definition) is 2. The van der Waals surface area contributed by atoms with Crippen LogP contribution in [0.15, 0.2) is 30.5 Å². The zero-order valence-electron chi connectivity index (χ0n) is 12.3. The summed E-state index contributed by atoms with van der Waals surface area (Å²) in [4.78, 5) is 17.6. The number of carbonyl (C=O) groups is 1. The van der Waals surface area contributed by atoms with Gasteiger partial charge in [-0.25, -0.2) is 0 Å². The number of fused-ring (bicyclic) bond motifs is 1. The van der Waals surface area contributed by atoms with Gasteiger partial charge in [0.15, 0.2) is 0 Å². The second-order valence-corrected chi connectivity index (χ2v) is 5.94. The van der Waals surface area contributed by atoms with Crippen LogP contribution in [0.1, 0.15) is 24.8 Å². The lowest BCUT2D eigenvalue weighted by Crippen LogP contribution is -2.42. The molecular weight excluding hydrogens is 262 g/mol. The Morgan fingerprint density at radius 2 is 2.24 bits per heavy atom. The molecule has 3 rings (SSSR count). The first-order valence-electron chi connectivity index (χ1n) is 7.80. The van der Waals surface area contributed by atoms with Crippen molar-refractivity contribution in [2.24, 2.45) is 11.7 Å². The number of carbonyl (C=O) groups excluding carboxylic acids is 1. The van der Waals surface area contributed by atoms with Crippen LogP contribution >= 0.6 is 0 Å². The molecule has 1 fully saturated rings. The van der Waals surface area contributed by atoms with Crippen LogP contribution in [0.25, 0.3) is 10.9 Å². The van der Waals surface area contributed by atoms with E-state index in [0.717, 1.165) is 37.9 Å². The molecule has 3 N–H and O–H groups in total. The molecule has 0 spiro atoms. The molecule has 112 valence electrons. The molecule has 1 atom stereocenters. The summed E-state index contributed by atoms with van der Waals surface area (Å²) >= 11 is 0. The lowest BCUT2D eigenvalue weighted by Gasteiger charge is -2.32. The van der Waals surface area contributed by atoms with Crippen LogP contribution in [-0.4, -0.2) is 35.4 Å². The number of nitrogens with two attached hydrogens (primary N) is 1. The smallest absolute Gasteiger partial charge is 0.222 e. The Labute approximate surface area is 125 Å². The fourth-order valence-electron chi connectivity index (χ4n) is 3.22. The van der Waals surface area contributed by atoms with Crippen LogP contribution in [0.3, 0.4) is 0 Å². The molecule has 1 aliphatic rings. The van der Waals surface area contributed by atoms with Crippen molar-refractivity contribution in [2.45, 2.75) is 25.7 Å². The van der Waals surface area contributed by atoms with Gasteiger partial charge in [0.25, 0.3) is 0 Å². The second kappa shape index (κ2) is 6.31. The molecule has 2 heterocycles. The SMILES string of the molecule is NCC1CCCN(C(=O)CCc2c[nH]c3ccccc23)C1. The first-order chi connectivity index (χ1) is 10.3. The highest BCUT2D eigenvalue weighted by Crippen LogP contribution is 2.20. The number of nitrogens with one attached hydrogen (secondary N) is 1. The van der Waals surface area contributed by atoms with Crippen molar-refractivity contribution >= 4 is 16.8 Å². The number of rotatable bonds is 4. The maximum atomic E-state index is 12.4. The Hall–Kier alpha value is -1.81. The van der Waals surface area contributed by atoms with Crippen molar-refractivity contribution < 1.29 is 4.79 Å². The molecular formula is C17H23N3O. The number of hydrogen-bond donors (Lipinski definition) is 2. The number of nitrogens with zero attached hydrogens (tertiary/aromatic N) is 1. The summed E-state index contributed by atoms with van der Waals surface area (Å²) in [5.74, 6) is 0.745. The minimum absolute atomic E-state index is 0.262. The van der Waals surface area contributed by atoms with Crippen LogP contribution in [0.5, 0.6) is 0 Å². The lowest BCUT2D eigenvalue weighted by molar-refractivity contribution is -0.132. The van der Waals surface area contributed by atoms with Gasteiger partial charge >= 0.3 is 0 Å². The van der Waals surface area contributed by atoms with E-state index in [0.29, 0.717) is 18.9 Å². The number of aromatic nitrogens is 1. The monoisotopic (exact) mass is 285 g/mol. The van der Waals surface area contributed by atoms with Gasteiger partial charge in [0.2, 0.25) is 5.91 Å². The van der Waals surface area contributed by atoms with E-state index in [1.54, 1.807) is 0 Å². The Bertz CT molecular complexity index is 619. The quantitative estimate of drug-likeness (QED) is 0.905. The average molecular weight is 285 g/mol. The van der Waals surface area contributed by atoms with E-state index in [2.05, 4.69) is 17.1 Å². The summed E-state index contributed by atoms with van der Waals surface area (Å²) in [5.41, 5.74) is 8.10. The summed E-state index contributed by atoms with van der Waals surface area (Å²) < 4.78 is 0. The Balaban J connectivity index is 1.60. The van der Waals surface area contributed by atoms with Crippen molar-refractivity contribution in [1.29, 1.82) is 0 Å². The normalized spacial score (nSPS) is 19.1. The Morgan fingerprint density at radius 1 is 1.38 bits per heavy atom. The molecule has 0 radical (unpaired) electrons. The van der Waals surface area contributed by atoms with Gasteiger partial charge in [-0.15, -0.1) is 0 Å². The largest absolute Gasteiger partial charge is 0.361 e. The summed E-state index contributed by atoms with van der Waals surface area (Å²) in [6.07, 6.45) is 5.64. The molecule has 1 unspecified atom stereocenters. The Morgan fingerprint density at radius 3 is 3.10 bits per heavy atom. The number of benzene rings is 1. The van der Waals surface area contributed by atoms with Crippen LogP contribution in [-0.2, 0) is 11.2 Å². The van der Waals surface area contributed by atoms with Crippen molar-refractivity contribution in [3.8, 4) is 0 Å². The molecule has 0 aliphatic carbocycles. The molecule has 4 heteroatoms. The van der Waals surface area contributed by atoms with Crippen molar-refractivity contribution in [1.82, 2.24) is 9.88 Å². The number of para-hydroxylation sites is 1. The molecule has 1 saturated heterocycles. The van der Waals surface area contributed by atoms with Crippen LogP contribution in [0.2, 0.25) is 0 Å². The van der Waals surface area contributed by atoms with Crippen LogP contribution in [0.4, 0.5) is 0 Å². The number of H-pyrrole nitrogens is 1. The molecule has 0 bridgehead atoms. The molecule has 0 saturated carbocycles. The van der Waals surface area contributed by atoms with Crippen molar-refractivity contribution in [3.63, 3.8) is 0 Å². The molecule has 1 amide bonds. The standard InChI is InChI=1S/C17H23N3O/c18-10-13-4-3-9-20(12-13)17(21)8-7-14-11-19-16-6-2-1-5-15(14)16/h1-2,5-6,11,13,19H,3-4,7-10,12,18H2. The predicted molar refractivity (Wildman–Crippen MR) is 85.0 cm³/mol. The molecule has 4 nitrogen and oxygen atoms in total. The van der Waals surface area contributed by atoms with E-state index in [1.807, 2.05) is 23.2 Å². The van der Waals surface area contributed by atoms with E-state index in [4.69, 9.17) is 5.73 Å². The molecule has 1 aromatic carbocycles. The third-order valence-corrected chi connectivity index (χ3v) is 4.49. The van der Waals surface area contributed by atoms with E-state index >= 15 is 0 Å². The fourth-order valence-corrected chi connectivity index (χ4v) is 3.22. The minimum atomic E-state index is 0.262. The van der Waals surface area contributed by atoms with Gasteiger partial charge in [-0.2, -0.15) is 0 Å². The van der Waals surface area contributed by atoms with Crippen molar-refractivity contribution in [3.05, 3.63) is 36.0 Å². The number of piperidine rings is 1. The topological polar surface area (TPSA) is 62.1 Å². The third-order valence-electron chi connectivity index (χ3n) is 4.49. The zero-order chi connectivity index (χ0) is 14.7. The van der Waals surface area contributed by atoms with Gasteiger partial charge < -0.3 is 15.6 Å². The highest BCUT2D eigenvalue weighted by atomic mass is 16.2. The fraction of sp³-hybridized carbons (Fsp3) is 0.471. The molecule has 1 aromatic heterocycles. The number of amides is 1. The highest BCUT2D eigenvalue weighted by molar-refractivity contribution is 5.84. The minimum Gasteiger partial charge on any atom is -0.361 e. The van der Waals surface area contributed by atoms with Gasteiger partial charge in [-0.1, -0.05) is 18.2 Å². The Kier molecular flexibility index (Phi) is 4.25. The average Bonchev–Trinajstić information content (AvgIpc) is 2.96. The summed E-state index contributed by atoms with van der Waals surface area (Å²) in [6, 6.07) is 8.24. The number of aryl methyl sites for hydroxylation is 1. The van der Waals surface area contributed by atoms with Crippen molar-refractivity contribution in [2.75, 3.05) is 19.6 Å². The lowest BCUT2D eigenvalue weighted by atomic mass is 9.97. The van der Waals surface area contributed by atoms with E-state index < -0.39 is 0 Å². The predicted octanol–water partition coefficient (Wildman–Crippen LogP) is 2.30. The second-order valence-electron chi connectivity index (χ2n) is 5.94. The van der Waals surface area contributed by atoms with Gasteiger partial charge in [-0.3, -0.25) is 4.79 Å². The zero-order valence-corrected chi connectivity index (χ0v) is 12.3. The first kappa shape index (κ1) is 14.1. The first-order valence-corrected chi connectivity index (χ1v) is 7.80. The molecule has 21 heavy (non-hydrogen) atoms. The van der Waals surface area contributed by atoms with Crippen LogP contribution in [0, 0.1) is 5.92 Å². The molecule has 2 aromatic rings. The van der Waals surface area contributed by atoms with Gasteiger partial charge in [0, 0.05) is 36.6 Å². The summed E-state index contributed by atoms with van der Waals surface area (Å²) in [6.45, 7) is 2.42. The van der Waals surface area contributed by atoms with E-state index in [9.17, 15) is 4.79 Å². The van der Waals surface area contributed by atoms with Crippen LogP contribution < -0.4 is 5.73 Å². The third kappa shape index (κ3) is 3.10. The maximum absolute atomic E-state index is 12.4. The number of likely N-dealkylation sites (tertiary alicyclic amines) is 1. The van der Waals surface area contributed by atoms with Gasteiger partial charge in [0.1, 0.15) is 0 Å². The maximum Gasteiger partial charge on any atom is 0.222 e.